The molecule has 1 amide bonds. The van der Waals surface area contributed by atoms with Crippen molar-refractivity contribution in [1.29, 1.82) is 0 Å². The summed E-state index contributed by atoms with van der Waals surface area (Å²) in [5.74, 6) is 0. The molecule has 0 aliphatic heterocycles. The van der Waals surface area contributed by atoms with E-state index in [4.69, 9.17) is 0 Å². The molecule has 0 spiro atoms. The van der Waals surface area contributed by atoms with Crippen molar-refractivity contribution < 1.29 is 9.53 Å². The molecule has 0 aromatic heterocycles. The van der Waals surface area contributed by atoms with Crippen LogP contribution in [0.4, 0.5) is 10.5 Å². The van der Waals surface area contributed by atoms with E-state index in [0.29, 0.717) is 5.69 Å². The van der Waals surface area contributed by atoms with Crippen molar-refractivity contribution in [2.45, 2.75) is 0 Å². The zero-order chi connectivity index (χ0) is 8.81. The number of nitrogens with one attached hydrogen (secondary N) is 1. The fraction of sp³-hybridized carbons (Fsp3) is 0. The van der Waals surface area contributed by atoms with Gasteiger partial charge in [-0.25, -0.2) is 4.79 Å². The number of carbonyl (C=O) groups excluding carboxylic acids is 1. The molecule has 12 heavy (non-hydrogen) atoms. The summed E-state index contributed by atoms with van der Waals surface area (Å²) in [5.41, 5.74) is 0.698. The fourth-order valence-corrected chi connectivity index (χ4v) is 0.744. The Hall–Kier alpha value is -1.77. The number of anilines is 1. The Labute approximate surface area is 70.7 Å². The standard InChI is InChI=1S/C9H9NO2/c1-2-12-9(11)10-8-6-4-3-5-7-8/h2-7H,1H2,(H,10,11). The average Bonchev–Trinajstić information content (AvgIpc) is 2.06. The van der Waals surface area contributed by atoms with Crippen LogP contribution in [0.1, 0.15) is 0 Å². The van der Waals surface area contributed by atoms with Crippen molar-refractivity contribution in [3.8, 4) is 0 Å². The number of carbonyl (C=O) groups is 1. The molecule has 0 saturated carbocycles. The maximum absolute atomic E-state index is 10.8. The summed E-state index contributed by atoms with van der Waals surface area (Å²) < 4.78 is 4.46. The summed E-state index contributed by atoms with van der Waals surface area (Å²) in [5, 5.41) is 2.51. The topological polar surface area (TPSA) is 38.3 Å². The molecule has 3 heteroatoms. The molecule has 0 unspecified atom stereocenters. The van der Waals surface area contributed by atoms with E-state index in [1.165, 1.54) is 0 Å². The monoisotopic (exact) mass is 163 g/mol. The van der Waals surface area contributed by atoms with Gasteiger partial charge < -0.3 is 4.74 Å². The summed E-state index contributed by atoms with van der Waals surface area (Å²) in [7, 11) is 0. The lowest BCUT2D eigenvalue weighted by Crippen LogP contribution is -2.09. The van der Waals surface area contributed by atoms with Crippen LogP contribution in [0.25, 0.3) is 0 Å². The molecule has 0 heterocycles. The highest BCUT2D eigenvalue weighted by atomic mass is 16.5. The lowest BCUT2D eigenvalue weighted by atomic mass is 10.3. The SMILES string of the molecule is C=COC(=O)Nc1ccccc1. The summed E-state index contributed by atoms with van der Waals surface area (Å²) >= 11 is 0. The average molecular weight is 163 g/mol. The molecule has 0 radical (unpaired) electrons. The first kappa shape index (κ1) is 8.33. The Balaban J connectivity index is 2.52. The van der Waals surface area contributed by atoms with Crippen molar-refractivity contribution in [2.24, 2.45) is 0 Å². The van der Waals surface area contributed by atoms with Gasteiger partial charge in [0.1, 0.15) is 0 Å². The van der Waals surface area contributed by atoms with Crippen LogP contribution >= 0.6 is 0 Å². The number of amides is 1. The molecular weight excluding hydrogens is 154 g/mol. The molecule has 1 aromatic rings. The number of para-hydroxylation sites is 1. The normalized spacial score (nSPS) is 8.67. The maximum Gasteiger partial charge on any atom is 0.416 e. The van der Waals surface area contributed by atoms with E-state index in [0.717, 1.165) is 6.26 Å². The van der Waals surface area contributed by atoms with Gasteiger partial charge in [-0.1, -0.05) is 24.8 Å². The first-order valence-electron chi connectivity index (χ1n) is 3.46. The predicted molar refractivity (Wildman–Crippen MR) is 46.7 cm³/mol. The number of hydrogen-bond donors (Lipinski definition) is 1. The van der Waals surface area contributed by atoms with Crippen LogP contribution in [0.15, 0.2) is 43.2 Å². The first-order chi connectivity index (χ1) is 5.83. The highest BCUT2D eigenvalue weighted by Crippen LogP contribution is 2.04. The number of hydrogen-bond acceptors (Lipinski definition) is 2. The van der Waals surface area contributed by atoms with E-state index >= 15 is 0 Å². The largest absolute Gasteiger partial charge is 0.419 e. The van der Waals surface area contributed by atoms with Gasteiger partial charge in [-0.3, -0.25) is 5.32 Å². The molecule has 1 rings (SSSR count). The van der Waals surface area contributed by atoms with Crippen molar-refractivity contribution in [3.05, 3.63) is 43.2 Å². The van der Waals surface area contributed by atoms with Gasteiger partial charge >= 0.3 is 6.09 Å². The van der Waals surface area contributed by atoms with Crippen molar-refractivity contribution in [3.63, 3.8) is 0 Å². The quantitative estimate of drug-likeness (QED) is 0.680. The van der Waals surface area contributed by atoms with Gasteiger partial charge in [-0.05, 0) is 12.1 Å². The molecule has 62 valence electrons. The predicted octanol–water partition coefficient (Wildman–Crippen LogP) is 2.38. The van der Waals surface area contributed by atoms with Crippen LogP contribution in [0.2, 0.25) is 0 Å². The lowest BCUT2D eigenvalue weighted by Gasteiger charge is -2.01. The Kier molecular flexibility index (Phi) is 2.90. The van der Waals surface area contributed by atoms with Crippen molar-refractivity contribution >= 4 is 11.8 Å². The molecule has 0 aliphatic carbocycles. The van der Waals surface area contributed by atoms with E-state index < -0.39 is 6.09 Å². The summed E-state index contributed by atoms with van der Waals surface area (Å²) in [6, 6.07) is 9.05. The van der Waals surface area contributed by atoms with Gasteiger partial charge in [-0.2, -0.15) is 0 Å². The van der Waals surface area contributed by atoms with Gasteiger partial charge in [0.25, 0.3) is 0 Å². The fourth-order valence-electron chi connectivity index (χ4n) is 0.744. The third-order valence-electron chi connectivity index (χ3n) is 1.21. The number of rotatable bonds is 2. The van der Waals surface area contributed by atoms with Gasteiger partial charge in [0.05, 0.1) is 6.26 Å². The minimum atomic E-state index is -0.531. The second-order valence-corrected chi connectivity index (χ2v) is 2.06. The van der Waals surface area contributed by atoms with E-state index in [-0.39, 0.29) is 0 Å². The molecule has 0 aliphatic rings. The third-order valence-corrected chi connectivity index (χ3v) is 1.21. The minimum Gasteiger partial charge on any atom is -0.419 e. The van der Waals surface area contributed by atoms with E-state index in [9.17, 15) is 4.79 Å². The molecule has 1 N–H and O–H groups in total. The van der Waals surface area contributed by atoms with Crippen molar-refractivity contribution in [2.75, 3.05) is 5.32 Å². The molecular formula is C9H9NO2. The number of ether oxygens (including phenoxy) is 1. The van der Waals surface area contributed by atoms with Crippen LogP contribution < -0.4 is 5.32 Å². The van der Waals surface area contributed by atoms with Gasteiger partial charge in [0.2, 0.25) is 0 Å². The Morgan fingerprint density at radius 1 is 1.42 bits per heavy atom. The zero-order valence-corrected chi connectivity index (χ0v) is 6.49. The summed E-state index contributed by atoms with van der Waals surface area (Å²) in [4.78, 5) is 10.8. The molecule has 3 nitrogen and oxygen atoms in total. The van der Waals surface area contributed by atoms with Gasteiger partial charge in [0.15, 0.2) is 0 Å². The van der Waals surface area contributed by atoms with E-state index in [1.54, 1.807) is 12.1 Å². The molecule has 0 atom stereocenters. The first-order valence-corrected chi connectivity index (χ1v) is 3.46. The Bertz CT molecular complexity index is 269. The zero-order valence-electron chi connectivity index (χ0n) is 6.49. The highest BCUT2D eigenvalue weighted by Gasteiger charge is 1.98. The van der Waals surface area contributed by atoms with E-state index in [2.05, 4.69) is 16.6 Å². The van der Waals surface area contributed by atoms with Crippen LogP contribution in [-0.4, -0.2) is 6.09 Å². The molecule has 1 aromatic carbocycles. The smallest absolute Gasteiger partial charge is 0.416 e. The van der Waals surface area contributed by atoms with Gasteiger partial charge in [0, 0.05) is 5.69 Å². The van der Waals surface area contributed by atoms with E-state index in [1.807, 2.05) is 18.2 Å². The third kappa shape index (κ3) is 2.46. The molecule has 0 saturated heterocycles. The second-order valence-electron chi connectivity index (χ2n) is 2.06. The Morgan fingerprint density at radius 2 is 2.08 bits per heavy atom. The molecule has 0 fully saturated rings. The highest BCUT2D eigenvalue weighted by molar-refractivity contribution is 5.84. The minimum absolute atomic E-state index is 0.531. The molecule has 0 bridgehead atoms. The number of benzene rings is 1. The Morgan fingerprint density at radius 3 is 2.67 bits per heavy atom. The van der Waals surface area contributed by atoms with Crippen LogP contribution in [0.3, 0.4) is 0 Å². The van der Waals surface area contributed by atoms with Crippen molar-refractivity contribution in [1.82, 2.24) is 0 Å². The van der Waals surface area contributed by atoms with Crippen LogP contribution in [-0.2, 0) is 4.74 Å². The summed E-state index contributed by atoms with van der Waals surface area (Å²) in [6.07, 6.45) is 0.550. The maximum atomic E-state index is 10.8. The van der Waals surface area contributed by atoms with Crippen LogP contribution in [0.5, 0.6) is 0 Å². The van der Waals surface area contributed by atoms with Crippen LogP contribution in [0, 0.1) is 0 Å². The second kappa shape index (κ2) is 4.18. The lowest BCUT2D eigenvalue weighted by molar-refractivity contribution is 0.201. The summed E-state index contributed by atoms with van der Waals surface area (Å²) in [6.45, 7) is 3.26. The van der Waals surface area contributed by atoms with Gasteiger partial charge in [-0.15, -0.1) is 0 Å².